The molecule has 1 saturated heterocycles. The second-order valence-corrected chi connectivity index (χ2v) is 4.20. The van der Waals surface area contributed by atoms with E-state index in [0.717, 1.165) is 5.56 Å². The lowest BCUT2D eigenvalue weighted by molar-refractivity contribution is 0.0303. The number of carbonyl (C=O) groups is 1. The molecule has 0 aliphatic carbocycles. The number of ether oxygens (including phenoxy) is 1. The number of aryl methyl sites for hydroxylation is 2. The van der Waals surface area contributed by atoms with Gasteiger partial charge in [0.2, 0.25) is 0 Å². The van der Waals surface area contributed by atoms with Gasteiger partial charge in [-0.2, -0.15) is 0 Å². The van der Waals surface area contributed by atoms with E-state index >= 15 is 0 Å². The van der Waals surface area contributed by atoms with Crippen LogP contribution >= 0.6 is 0 Å². The molecule has 0 spiro atoms. The van der Waals surface area contributed by atoms with Crippen molar-refractivity contribution in [3.05, 3.63) is 34.9 Å². The van der Waals surface area contributed by atoms with Gasteiger partial charge in [0.05, 0.1) is 13.2 Å². The second-order valence-electron chi connectivity index (χ2n) is 4.20. The number of morpholine rings is 1. The molecule has 0 bridgehead atoms. The summed E-state index contributed by atoms with van der Waals surface area (Å²) in [6.45, 7) is 6.79. The van der Waals surface area contributed by atoms with Crippen LogP contribution in [0.25, 0.3) is 0 Å². The summed E-state index contributed by atoms with van der Waals surface area (Å²) in [6.07, 6.45) is 0. The van der Waals surface area contributed by atoms with E-state index in [-0.39, 0.29) is 5.91 Å². The Morgan fingerprint density at radius 3 is 2.50 bits per heavy atom. The SMILES string of the molecule is Cc1ccc(C(=O)N2CCOCC2)cc1C. The average Bonchev–Trinajstić information content (AvgIpc) is 2.33. The summed E-state index contributed by atoms with van der Waals surface area (Å²) < 4.78 is 5.23. The molecule has 0 atom stereocenters. The third kappa shape index (κ3) is 2.25. The highest BCUT2D eigenvalue weighted by Gasteiger charge is 2.18. The summed E-state index contributed by atoms with van der Waals surface area (Å²) in [5.41, 5.74) is 3.17. The molecule has 86 valence electrons. The fourth-order valence-corrected chi connectivity index (χ4v) is 1.82. The van der Waals surface area contributed by atoms with Gasteiger partial charge >= 0.3 is 0 Å². The number of rotatable bonds is 1. The molecule has 1 fully saturated rings. The maximum Gasteiger partial charge on any atom is 0.254 e. The first-order valence-corrected chi connectivity index (χ1v) is 5.63. The van der Waals surface area contributed by atoms with Crippen molar-refractivity contribution in [2.45, 2.75) is 13.8 Å². The van der Waals surface area contributed by atoms with Crippen molar-refractivity contribution in [2.24, 2.45) is 0 Å². The monoisotopic (exact) mass is 219 g/mol. The smallest absolute Gasteiger partial charge is 0.254 e. The largest absolute Gasteiger partial charge is 0.378 e. The van der Waals surface area contributed by atoms with Crippen LogP contribution in [0.4, 0.5) is 0 Å². The van der Waals surface area contributed by atoms with Gasteiger partial charge in [-0.15, -0.1) is 0 Å². The summed E-state index contributed by atoms with van der Waals surface area (Å²) in [4.78, 5) is 14.0. The minimum atomic E-state index is 0.117. The minimum Gasteiger partial charge on any atom is -0.378 e. The Labute approximate surface area is 96.0 Å². The lowest BCUT2D eigenvalue weighted by atomic mass is 10.1. The molecule has 3 nitrogen and oxygen atoms in total. The number of hydrogen-bond acceptors (Lipinski definition) is 2. The summed E-state index contributed by atoms with van der Waals surface area (Å²) in [5, 5.41) is 0. The van der Waals surface area contributed by atoms with Crippen LogP contribution < -0.4 is 0 Å². The topological polar surface area (TPSA) is 29.5 Å². The second kappa shape index (κ2) is 4.66. The molecule has 1 heterocycles. The van der Waals surface area contributed by atoms with Crippen LogP contribution in [0.3, 0.4) is 0 Å². The molecule has 0 unspecified atom stereocenters. The van der Waals surface area contributed by atoms with Crippen LogP contribution in [0.15, 0.2) is 18.2 Å². The van der Waals surface area contributed by atoms with Crippen molar-refractivity contribution in [1.29, 1.82) is 0 Å². The maximum atomic E-state index is 12.1. The number of hydrogen-bond donors (Lipinski definition) is 0. The van der Waals surface area contributed by atoms with Gasteiger partial charge in [-0.3, -0.25) is 4.79 Å². The standard InChI is InChI=1S/C13H17NO2/c1-10-3-4-12(9-11(10)2)13(15)14-5-7-16-8-6-14/h3-4,9H,5-8H2,1-2H3. The van der Waals surface area contributed by atoms with Gasteiger partial charge in [-0.25, -0.2) is 0 Å². The van der Waals surface area contributed by atoms with Gasteiger partial charge in [0, 0.05) is 18.7 Å². The molecule has 1 aliphatic rings. The zero-order chi connectivity index (χ0) is 11.5. The van der Waals surface area contributed by atoms with Crippen molar-refractivity contribution in [1.82, 2.24) is 4.90 Å². The summed E-state index contributed by atoms with van der Waals surface area (Å²) in [7, 11) is 0. The summed E-state index contributed by atoms with van der Waals surface area (Å²) >= 11 is 0. The van der Waals surface area contributed by atoms with E-state index in [1.165, 1.54) is 11.1 Å². The molecular formula is C13H17NO2. The molecule has 0 aromatic heterocycles. The van der Waals surface area contributed by atoms with E-state index in [1.54, 1.807) is 0 Å². The van der Waals surface area contributed by atoms with Crippen LogP contribution in [-0.4, -0.2) is 37.1 Å². The normalized spacial score (nSPS) is 16.2. The lowest BCUT2D eigenvalue weighted by Crippen LogP contribution is -2.40. The first kappa shape index (κ1) is 11.1. The zero-order valence-corrected chi connectivity index (χ0v) is 9.82. The number of amides is 1. The average molecular weight is 219 g/mol. The number of nitrogens with zero attached hydrogens (tertiary/aromatic N) is 1. The van der Waals surface area contributed by atoms with E-state index < -0.39 is 0 Å². The van der Waals surface area contributed by atoms with Gasteiger partial charge in [0.1, 0.15) is 0 Å². The molecule has 1 aliphatic heterocycles. The van der Waals surface area contributed by atoms with Gasteiger partial charge in [-0.1, -0.05) is 6.07 Å². The molecule has 0 radical (unpaired) electrons. The molecule has 3 heteroatoms. The van der Waals surface area contributed by atoms with Crippen molar-refractivity contribution >= 4 is 5.91 Å². The van der Waals surface area contributed by atoms with Crippen molar-refractivity contribution < 1.29 is 9.53 Å². The highest BCUT2D eigenvalue weighted by Crippen LogP contribution is 2.12. The molecular weight excluding hydrogens is 202 g/mol. The first-order valence-electron chi connectivity index (χ1n) is 5.63. The highest BCUT2D eigenvalue weighted by molar-refractivity contribution is 5.94. The molecule has 2 rings (SSSR count). The fourth-order valence-electron chi connectivity index (χ4n) is 1.82. The zero-order valence-electron chi connectivity index (χ0n) is 9.82. The van der Waals surface area contributed by atoms with E-state index in [1.807, 2.05) is 30.0 Å². The maximum absolute atomic E-state index is 12.1. The van der Waals surface area contributed by atoms with Crippen LogP contribution in [0.2, 0.25) is 0 Å². The van der Waals surface area contributed by atoms with E-state index in [4.69, 9.17) is 4.74 Å². The quantitative estimate of drug-likeness (QED) is 0.720. The third-order valence-corrected chi connectivity index (χ3v) is 3.05. The number of carbonyl (C=O) groups excluding carboxylic acids is 1. The van der Waals surface area contributed by atoms with Crippen LogP contribution in [0.5, 0.6) is 0 Å². The Balaban J connectivity index is 2.16. The first-order chi connectivity index (χ1) is 7.68. The minimum absolute atomic E-state index is 0.117. The predicted molar refractivity (Wildman–Crippen MR) is 62.6 cm³/mol. The van der Waals surface area contributed by atoms with Crippen molar-refractivity contribution in [3.63, 3.8) is 0 Å². The Morgan fingerprint density at radius 2 is 1.88 bits per heavy atom. The van der Waals surface area contributed by atoms with E-state index in [2.05, 4.69) is 6.92 Å². The van der Waals surface area contributed by atoms with Gasteiger partial charge < -0.3 is 9.64 Å². The summed E-state index contributed by atoms with van der Waals surface area (Å²) in [6, 6.07) is 5.87. The Morgan fingerprint density at radius 1 is 1.19 bits per heavy atom. The van der Waals surface area contributed by atoms with Crippen LogP contribution in [-0.2, 0) is 4.74 Å². The summed E-state index contributed by atoms with van der Waals surface area (Å²) in [5.74, 6) is 0.117. The Kier molecular flexibility index (Phi) is 3.25. The van der Waals surface area contributed by atoms with Crippen molar-refractivity contribution in [2.75, 3.05) is 26.3 Å². The highest BCUT2D eigenvalue weighted by atomic mass is 16.5. The van der Waals surface area contributed by atoms with E-state index in [0.29, 0.717) is 26.3 Å². The third-order valence-electron chi connectivity index (χ3n) is 3.05. The molecule has 0 N–H and O–H groups in total. The van der Waals surface area contributed by atoms with Crippen LogP contribution in [0.1, 0.15) is 21.5 Å². The number of benzene rings is 1. The molecule has 1 aromatic carbocycles. The molecule has 1 aromatic rings. The van der Waals surface area contributed by atoms with Crippen LogP contribution in [0, 0.1) is 13.8 Å². The Hall–Kier alpha value is -1.35. The van der Waals surface area contributed by atoms with E-state index in [9.17, 15) is 4.79 Å². The van der Waals surface area contributed by atoms with Gasteiger partial charge in [-0.05, 0) is 37.1 Å². The fraction of sp³-hybridized carbons (Fsp3) is 0.462. The molecule has 0 saturated carbocycles. The van der Waals surface area contributed by atoms with Gasteiger partial charge in [0.15, 0.2) is 0 Å². The molecule has 16 heavy (non-hydrogen) atoms. The molecule has 1 amide bonds. The Bertz CT molecular complexity index is 395. The van der Waals surface area contributed by atoms with Gasteiger partial charge in [0.25, 0.3) is 5.91 Å². The van der Waals surface area contributed by atoms with Crippen molar-refractivity contribution in [3.8, 4) is 0 Å². The lowest BCUT2D eigenvalue weighted by Gasteiger charge is -2.27. The predicted octanol–water partition coefficient (Wildman–Crippen LogP) is 1.78.